The highest BCUT2D eigenvalue weighted by Crippen LogP contribution is 2.00. The molecule has 0 radical (unpaired) electrons. The molecule has 4 amide bonds. The SMILES string of the molecule is CC(NC(=O)C(CC(=O)O)NC(=O)C(N)CO)C(=O)NC(CCC(N)=O)C(=O)O. The fourth-order valence-corrected chi connectivity index (χ4v) is 1.97. The van der Waals surface area contributed by atoms with Crippen molar-refractivity contribution in [1.82, 2.24) is 16.0 Å². The van der Waals surface area contributed by atoms with Gasteiger partial charge in [0.1, 0.15) is 24.2 Å². The second kappa shape index (κ2) is 12.2. The molecule has 0 aliphatic rings. The van der Waals surface area contributed by atoms with Gasteiger partial charge in [0.2, 0.25) is 23.6 Å². The van der Waals surface area contributed by atoms with Crippen LogP contribution in [0.4, 0.5) is 0 Å². The molecule has 0 aromatic carbocycles. The number of carbonyl (C=O) groups excluding carboxylic acids is 4. The Morgan fingerprint density at radius 3 is 1.90 bits per heavy atom. The van der Waals surface area contributed by atoms with E-state index in [0.29, 0.717) is 0 Å². The molecule has 0 aromatic rings. The van der Waals surface area contributed by atoms with Crippen molar-refractivity contribution in [3.05, 3.63) is 0 Å². The lowest BCUT2D eigenvalue weighted by molar-refractivity contribution is -0.143. The van der Waals surface area contributed by atoms with Gasteiger partial charge < -0.3 is 42.7 Å². The number of nitrogens with two attached hydrogens (primary N) is 2. The first-order chi connectivity index (χ1) is 13.4. The second-order valence-electron chi connectivity index (χ2n) is 6.08. The number of carboxylic acids is 2. The lowest BCUT2D eigenvalue weighted by Gasteiger charge is -2.22. The van der Waals surface area contributed by atoms with Gasteiger partial charge in [0.15, 0.2) is 0 Å². The molecule has 14 nitrogen and oxygen atoms in total. The number of hydrogen-bond acceptors (Lipinski definition) is 8. The Labute approximate surface area is 165 Å². The maximum atomic E-state index is 12.2. The Balaban J connectivity index is 5.02. The number of aliphatic hydroxyl groups is 1. The van der Waals surface area contributed by atoms with E-state index in [4.69, 9.17) is 26.8 Å². The molecule has 10 N–H and O–H groups in total. The van der Waals surface area contributed by atoms with Gasteiger partial charge in [-0.15, -0.1) is 0 Å². The van der Waals surface area contributed by atoms with Crippen LogP contribution in [0.15, 0.2) is 0 Å². The summed E-state index contributed by atoms with van der Waals surface area (Å²) in [6.07, 6.45) is -1.40. The summed E-state index contributed by atoms with van der Waals surface area (Å²) in [6, 6.07) is -5.73. The largest absolute Gasteiger partial charge is 0.481 e. The normalized spacial score (nSPS) is 14.6. The Morgan fingerprint density at radius 1 is 0.897 bits per heavy atom. The van der Waals surface area contributed by atoms with Crippen LogP contribution in [-0.2, 0) is 28.8 Å². The summed E-state index contributed by atoms with van der Waals surface area (Å²) < 4.78 is 0. The molecule has 4 atom stereocenters. The molecule has 164 valence electrons. The monoisotopic (exact) mass is 419 g/mol. The highest BCUT2D eigenvalue weighted by Gasteiger charge is 2.29. The van der Waals surface area contributed by atoms with E-state index in [1.165, 1.54) is 6.92 Å². The van der Waals surface area contributed by atoms with Crippen molar-refractivity contribution in [2.24, 2.45) is 11.5 Å². The van der Waals surface area contributed by atoms with E-state index < -0.39 is 72.8 Å². The standard InChI is InChI=1S/C15H25N5O9/c1-6(12(25)19-8(15(28)29)2-3-10(17)22)18-14(27)9(4-11(23)24)20-13(26)7(16)5-21/h6-9,21H,2-5,16H2,1H3,(H2,17,22)(H,18,27)(H,19,25)(H,20,26)(H,23,24)(H,28,29). The second-order valence-corrected chi connectivity index (χ2v) is 6.08. The number of amides is 4. The maximum absolute atomic E-state index is 12.2. The van der Waals surface area contributed by atoms with Crippen LogP contribution in [-0.4, -0.2) is 81.7 Å². The number of carbonyl (C=O) groups is 6. The molecule has 4 unspecified atom stereocenters. The van der Waals surface area contributed by atoms with E-state index in [2.05, 4.69) is 10.6 Å². The molecular formula is C15H25N5O9. The molecule has 0 rings (SSSR count). The van der Waals surface area contributed by atoms with Gasteiger partial charge in [-0.3, -0.25) is 24.0 Å². The number of aliphatic carboxylic acids is 2. The summed E-state index contributed by atoms with van der Waals surface area (Å²) in [7, 11) is 0. The number of nitrogens with one attached hydrogen (secondary N) is 3. The van der Waals surface area contributed by atoms with Crippen LogP contribution in [0.1, 0.15) is 26.2 Å². The fraction of sp³-hybridized carbons (Fsp3) is 0.600. The summed E-state index contributed by atoms with van der Waals surface area (Å²) in [5.41, 5.74) is 10.2. The Morgan fingerprint density at radius 2 is 1.45 bits per heavy atom. The average Bonchev–Trinajstić information content (AvgIpc) is 2.62. The van der Waals surface area contributed by atoms with Crippen molar-refractivity contribution < 1.29 is 44.1 Å². The summed E-state index contributed by atoms with van der Waals surface area (Å²) >= 11 is 0. The average molecular weight is 419 g/mol. The lowest BCUT2D eigenvalue weighted by Crippen LogP contribution is -2.57. The van der Waals surface area contributed by atoms with Crippen LogP contribution in [0.5, 0.6) is 0 Å². The molecule has 0 fully saturated rings. The predicted octanol–water partition coefficient (Wildman–Crippen LogP) is -4.39. The molecule has 0 saturated carbocycles. The lowest BCUT2D eigenvalue weighted by atomic mass is 10.1. The Hall–Kier alpha value is -3.26. The number of hydrogen-bond donors (Lipinski definition) is 8. The number of primary amides is 1. The first kappa shape index (κ1) is 25.7. The molecule has 0 bridgehead atoms. The molecule has 14 heteroatoms. The van der Waals surface area contributed by atoms with E-state index in [0.717, 1.165) is 0 Å². The van der Waals surface area contributed by atoms with Gasteiger partial charge in [-0.2, -0.15) is 0 Å². The molecule has 0 spiro atoms. The first-order valence-electron chi connectivity index (χ1n) is 8.39. The molecular weight excluding hydrogens is 394 g/mol. The van der Waals surface area contributed by atoms with E-state index >= 15 is 0 Å². The third kappa shape index (κ3) is 10.0. The van der Waals surface area contributed by atoms with Gasteiger partial charge in [-0.05, 0) is 13.3 Å². The minimum atomic E-state index is -1.60. The zero-order chi connectivity index (χ0) is 22.7. The van der Waals surface area contributed by atoms with Crippen molar-refractivity contribution in [3.8, 4) is 0 Å². The van der Waals surface area contributed by atoms with Gasteiger partial charge in [0.05, 0.1) is 13.0 Å². The van der Waals surface area contributed by atoms with Crippen LogP contribution in [0.3, 0.4) is 0 Å². The quantitative estimate of drug-likeness (QED) is 0.142. The Bertz CT molecular complexity index is 654. The minimum Gasteiger partial charge on any atom is -0.481 e. The molecule has 0 aliphatic carbocycles. The van der Waals surface area contributed by atoms with E-state index in [1.54, 1.807) is 0 Å². The fourth-order valence-electron chi connectivity index (χ4n) is 1.97. The summed E-state index contributed by atoms with van der Waals surface area (Å²) in [5.74, 6) is -6.58. The summed E-state index contributed by atoms with van der Waals surface area (Å²) in [6.45, 7) is 0.452. The predicted molar refractivity (Wildman–Crippen MR) is 94.8 cm³/mol. The van der Waals surface area contributed by atoms with Crippen LogP contribution in [0.25, 0.3) is 0 Å². The van der Waals surface area contributed by atoms with Crippen molar-refractivity contribution in [2.75, 3.05) is 6.61 Å². The zero-order valence-electron chi connectivity index (χ0n) is 15.6. The number of carboxylic acid groups (broad SMARTS) is 2. The molecule has 0 heterocycles. The van der Waals surface area contributed by atoms with Crippen molar-refractivity contribution in [1.29, 1.82) is 0 Å². The Kier molecular flexibility index (Phi) is 10.9. The van der Waals surface area contributed by atoms with Gasteiger partial charge >= 0.3 is 11.9 Å². The molecule has 0 aliphatic heterocycles. The maximum Gasteiger partial charge on any atom is 0.326 e. The number of aliphatic hydroxyl groups excluding tert-OH is 1. The third-order valence-electron chi connectivity index (χ3n) is 3.59. The van der Waals surface area contributed by atoms with E-state index in [9.17, 15) is 28.8 Å². The molecule has 0 aromatic heterocycles. The van der Waals surface area contributed by atoms with Crippen LogP contribution in [0, 0.1) is 0 Å². The molecule has 0 saturated heterocycles. The smallest absolute Gasteiger partial charge is 0.326 e. The highest BCUT2D eigenvalue weighted by atomic mass is 16.4. The van der Waals surface area contributed by atoms with Gasteiger partial charge in [-0.1, -0.05) is 0 Å². The van der Waals surface area contributed by atoms with Gasteiger partial charge in [-0.25, -0.2) is 4.79 Å². The van der Waals surface area contributed by atoms with Crippen LogP contribution in [0.2, 0.25) is 0 Å². The van der Waals surface area contributed by atoms with Crippen molar-refractivity contribution in [2.45, 2.75) is 50.4 Å². The van der Waals surface area contributed by atoms with Crippen molar-refractivity contribution in [3.63, 3.8) is 0 Å². The third-order valence-corrected chi connectivity index (χ3v) is 3.59. The number of rotatable bonds is 13. The van der Waals surface area contributed by atoms with Crippen LogP contribution < -0.4 is 27.4 Å². The zero-order valence-corrected chi connectivity index (χ0v) is 15.6. The van der Waals surface area contributed by atoms with Gasteiger partial charge in [0, 0.05) is 6.42 Å². The minimum absolute atomic E-state index is 0.270. The van der Waals surface area contributed by atoms with Crippen LogP contribution >= 0.6 is 0 Å². The van der Waals surface area contributed by atoms with Crippen molar-refractivity contribution >= 4 is 35.6 Å². The molecule has 29 heavy (non-hydrogen) atoms. The highest BCUT2D eigenvalue weighted by molar-refractivity contribution is 5.95. The topological polar surface area (TPSA) is 251 Å². The van der Waals surface area contributed by atoms with E-state index in [-0.39, 0.29) is 12.8 Å². The van der Waals surface area contributed by atoms with Gasteiger partial charge in [0.25, 0.3) is 0 Å². The van der Waals surface area contributed by atoms with E-state index in [1.807, 2.05) is 5.32 Å². The first-order valence-corrected chi connectivity index (χ1v) is 8.39. The summed E-state index contributed by atoms with van der Waals surface area (Å²) in [5, 5.41) is 33.1. The summed E-state index contributed by atoms with van der Waals surface area (Å²) in [4.78, 5) is 68.8.